The largest absolute Gasteiger partial charge is 0.406 e. The zero-order valence-corrected chi connectivity index (χ0v) is 18.6. The third kappa shape index (κ3) is 5.09. The minimum absolute atomic E-state index is 0.00562. The first-order chi connectivity index (χ1) is 17.0. The smallest absolute Gasteiger partial charge is 0.325 e. The number of carbonyl (C=O) groups excluding carboxylic acids is 3. The van der Waals surface area contributed by atoms with Crippen LogP contribution in [-0.4, -0.2) is 45.2 Å². The lowest BCUT2D eigenvalue weighted by Gasteiger charge is -2.24. The Bertz CT molecular complexity index is 1360. The van der Waals surface area contributed by atoms with Crippen molar-refractivity contribution < 1.29 is 32.5 Å². The molecule has 11 heteroatoms. The molecule has 1 aliphatic heterocycles. The van der Waals surface area contributed by atoms with Crippen LogP contribution in [0.3, 0.4) is 0 Å². The highest BCUT2D eigenvalue weighted by Crippen LogP contribution is 2.28. The van der Waals surface area contributed by atoms with Gasteiger partial charge in [-0.15, -0.1) is 0 Å². The maximum atomic E-state index is 13.3. The lowest BCUT2D eigenvalue weighted by molar-refractivity contribution is -0.385. The predicted molar refractivity (Wildman–Crippen MR) is 121 cm³/mol. The summed E-state index contributed by atoms with van der Waals surface area (Å²) in [7, 11) is 0. The molecule has 0 N–H and O–H groups in total. The van der Waals surface area contributed by atoms with E-state index in [2.05, 4.69) is 0 Å². The van der Waals surface area contributed by atoms with E-state index in [1.165, 1.54) is 30.3 Å². The van der Waals surface area contributed by atoms with Gasteiger partial charge >= 0.3 is 6.18 Å². The predicted octanol–water partition coefficient (Wildman–Crippen LogP) is 4.60. The number of rotatable bonds is 7. The number of alkyl halides is 3. The van der Waals surface area contributed by atoms with Crippen LogP contribution in [0.25, 0.3) is 0 Å². The number of fused-ring (bicyclic) bond motifs is 1. The average Bonchev–Trinajstić information content (AvgIpc) is 3.07. The van der Waals surface area contributed by atoms with Crippen LogP contribution in [0.4, 0.5) is 18.9 Å². The van der Waals surface area contributed by atoms with Gasteiger partial charge in [0.15, 0.2) is 0 Å². The molecule has 8 nitrogen and oxygen atoms in total. The molecule has 0 atom stereocenters. The number of nitro groups is 1. The molecule has 0 saturated carbocycles. The number of imide groups is 1. The molecule has 0 bridgehead atoms. The zero-order chi connectivity index (χ0) is 26.0. The number of para-hydroxylation sites is 1. The average molecular weight is 497 g/mol. The van der Waals surface area contributed by atoms with Gasteiger partial charge < -0.3 is 4.90 Å². The lowest BCUT2D eigenvalue weighted by atomic mass is 10.0. The van der Waals surface area contributed by atoms with Crippen LogP contribution in [-0.2, 0) is 13.1 Å². The molecule has 0 fully saturated rings. The van der Waals surface area contributed by atoms with Crippen molar-refractivity contribution in [2.45, 2.75) is 19.3 Å². The third-order valence-corrected chi connectivity index (χ3v) is 5.61. The molecular formula is C25H18F3N3O5. The first kappa shape index (κ1) is 24.6. The van der Waals surface area contributed by atoms with E-state index in [1.807, 2.05) is 0 Å². The fourth-order valence-corrected chi connectivity index (χ4v) is 3.96. The van der Waals surface area contributed by atoms with Crippen molar-refractivity contribution in [3.05, 3.63) is 111 Å². The van der Waals surface area contributed by atoms with Crippen molar-refractivity contribution in [3.8, 4) is 0 Å². The summed E-state index contributed by atoms with van der Waals surface area (Å²) in [4.78, 5) is 50.8. The summed E-state index contributed by atoms with van der Waals surface area (Å²) < 4.78 is 39.9. The molecular weight excluding hydrogens is 479 g/mol. The van der Waals surface area contributed by atoms with Crippen molar-refractivity contribution in [1.29, 1.82) is 0 Å². The Hall–Kier alpha value is -4.54. The third-order valence-electron chi connectivity index (χ3n) is 5.61. The molecule has 0 saturated heterocycles. The number of halogens is 3. The summed E-state index contributed by atoms with van der Waals surface area (Å²) in [5, 5.41) is 11.3. The summed E-state index contributed by atoms with van der Waals surface area (Å²) in [5.74, 6) is -2.34. The molecule has 0 aromatic heterocycles. The minimum atomic E-state index is -4.78. The molecule has 0 unspecified atom stereocenters. The maximum Gasteiger partial charge on any atom is 0.406 e. The quantitative estimate of drug-likeness (QED) is 0.270. The number of hydrogen-bond donors (Lipinski definition) is 0. The monoisotopic (exact) mass is 497 g/mol. The van der Waals surface area contributed by atoms with Gasteiger partial charge in [-0.2, -0.15) is 13.2 Å². The molecule has 4 rings (SSSR count). The normalized spacial score (nSPS) is 13.0. The summed E-state index contributed by atoms with van der Waals surface area (Å²) in [6, 6.07) is 17.4. The van der Waals surface area contributed by atoms with Crippen LogP contribution in [0.2, 0.25) is 0 Å². The molecule has 36 heavy (non-hydrogen) atoms. The second-order valence-electron chi connectivity index (χ2n) is 8.10. The van der Waals surface area contributed by atoms with Crippen molar-refractivity contribution >= 4 is 23.4 Å². The van der Waals surface area contributed by atoms with Gasteiger partial charge in [0.1, 0.15) is 6.54 Å². The second-order valence-corrected chi connectivity index (χ2v) is 8.10. The molecule has 3 amide bonds. The van der Waals surface area contributed by atoms with E-state index in [9.17, 15) is 37.7 Å². The van der Waals surface area contributed by atoms with Crippen LogP contribution in [0, 0.1) is 10.1 Å². The highest BCUT2D eigenvalue weighted by atomic mass is 19.4. The van der Waals surface area contributed by atoms with Gasteiger partial charge in [-0.25, -0.2) is 0 Å². The number of hydrogen-bond acceptors (Lipinski definition) is 5. The van der Waals surface area contributed by atoms with Crippen molar-refractivity contribution in [3.63, 3.8) is 0 Å². The van der Waals surface area contributed by atoms with Gasteiger partial charge in [0.25, 0.3) is 23.4 Å². The summed E-state index contributed by atoms with van der Waals surface area (Å²) in [6.07, 6.45) is -4.78. The van der Waals surface area contributed by atoms with Crippen molar-refractivity contribution in [2.75, 3.05) is 6.54 Å². The first-order valence-electron chi connectivity index (χ1n) is 10.7. The highest BCUT2D eigenvalue weighted by molar-refractivity contribution is 6.22. The van der Waals surface area contributed by atoms with E-state index in [0.29, 0.717) is 10.5 Å². The van der Waals surface area contributed by atoms with E-state index in [1.54, 1.807) is 30.3 Å². The van der Waals surface area contributed by atoms with Gasteiger partial charge in [-0.1, -0.05) is 48.5 Å². The van der Waals surface area contributed by atoms with E-state index in [0.717, 1.165) is 17.0 Å². The first-order valence-corrected chi connectivity index (χ1v) is 10.7. The molecule has 0 aliphatic carbocycles. The Labute approximate surface area is 202 Å². The van der Waals surface area contributed by atoms with Gasteiger partial charge in [-0.3, -0.25) is 29.4 Å². The summed E-state index contributed by atoms with van der Waals surface area (Å²) in [5.41, 5.74) is -0.123. The van der Waals surface area contributed by atoms with Crippen LogP contribution in [0.5, 0.6) is 0 Å². The van der Waals surface area contributed by atoms with Crippen molar-refractivity contribution in [2.24, 2.45) is 0 Å². The topological polar surface area (TPSA) is 101 Å². The molecule has 0 spiro atoms. The van der Waals surface area contributed by atoms with Gasteiger partial charge in [0.05, 0.1) is 29.1 Å². The SMILES string of the molecule is O=C(c1ccc2c(c1)C(=O)N(Cc1ccccc1)C2=O)N(Cc1ccccc1[N+](=O)[O-])CC(F)(F)F. The summed E-state index contributed by atoms with van der Waals surface area (Å²) in [6.45, 7) is -2.35. The fourth-order valence-electron chi connectivity index (χ4n) is 3.96. The van der Waals surface area contributed by atoms with Crippen LogP contribution >= 0.6 is 0 Å². The minimum Gasteiger partial charge on any atom is -0.325 e. The fraction of sp³-hybridized carbons (Fsp3) is 0.160. The van der Waals surface area contributed by atoms with E-state index in [4.69, 9.17) is 0 Å². The lowest BCUT2D eigenvalue weighted by Crippen LogP contribution is -2.38. The number of benzene rings is 3. The van der Waals surface area contributed by atoms with Crippen LogP contribution < -0.4 is 0 Å². The van der Waals surface area contributed by atoms with Crippen LogP contribution in [0.1, 0.15) is 42.2 Å². The molecule has 1 heterocycles. The molecule has 3 aromatic carbocycles. The van der Waals surface area contributed by atoms with Gasteiger partial charge in [-0.05, 0) is 23.8 Å². The Morgan fingerprint density at radius 3 is 2.22 bits per heavy atom. The highest BCUT2D eigenvalue weighted by Gasteiger charge is 2.38. The van der Waals surface area contributed by atoms with Crippen molar-refractivity contribution in [1.82, 2.24) is 9.80 Å². The van der Waals surface area contributed by atoms with Gasteiger partial charge in [0.2, 0.25) is 0 Å². The Morgan fingerprint density at radius 1 is 0.917 bits per heavy atom. The molecule has 1 aliphatic rings. The molecule has 184 valence electrons. The molecule has 0 radical (unpaired) electrons. The van der Waals surface area contributed by atoms with E-state index >= 15 is 0 Å². The Kier molecular flexibility index (Phi) is 6.56. The number of carbonyl (C=O) groups is 3. The zero-order valence-electron chi connectivity index (χ0n) is 18.6. The van der Waals surface area contributed by atoms with Crippen LogP contribution in [0.15, 0.2) is 72.8 Å². The van der Waals surface area contributed by atoms with Gasteiger partial charge in [0, 0.05) is 17.2 Å². The summed E-state index contributed by atoms with van der Waals surface area (Å²) >= 11 is 0. The van der Waals surface area contributed by atoms with E-state index < -0.39 is 47.6 Å². The second kappa shape index (κ2) is 9.61. The number of nitro benzene ring substituents is 1. The maximum absolute atomic E-state index is 13.3. The standard InChI is InChI=1S/C25H18F3N3O5/c26-25(27,28)15-29(14-18-8-4-5-9-21(18)31(35)36)22(32)17-10-11-19-20(12-17)24(34)30(23(19)33)13-16-6-2-1-3-7-16/h1-12H,13-15H2. The number of amides is 3. The van der Waals surface area contributed by atoms with E-state index in [-0.39, 0.29) is 28.8 Å². The molecule has 3 aromatic rings. The Balaban J connectivity index is 1.64. The number of nitrogens with zero attached hydrogens (tertiary/aromatic N) is 3. The Morgan fingerprint density at radius 2 is 1.56 bits per heavy atom.